The fraction of sp³-hybridized carbons (Fsp3) is 0.395. The molecule has 5 heteroatoms. The zero-order chi connectivity index (χ0) is 30.7. The highest BCUT2D eigenvalue weighted by Gasteiger charge is 2.04. The van der Waals surface area contributed by atoms with Gasteiger partial charge < -0.3 is 18.9 Å². The molecule has 0 radical (unpaired) electrons. The smallest absolute Gasteiger partial charge is 0.333 e. The third-order valence-corrected chi connectivity index (χ3v) is 7.14. The van der Waals surface area contributed by atoms with Gasteiger partial charge in [-0.15, -0.1) is 0 Å². The lowest BCUT2D eigenvalue weighted by Crippen LogP contribution is -2.05. The molecule has 5 nitrogen and oxygen atoms in total. The number of hydrogen-bond acceptors (Lipinski definition) is 5. The Morgan fingerprint density at radius 3 is 1.67 bits per heavy atom. The van der Waals surface area contributed by atoms with Crippen LogP contribution in [0.1, 0.15) is 70.8 Å². The molecule has 3 aromatic carbocycles. The van der Waals surface area contributed by atoms with E-state index in [1.54, 1.807) is 6.92 Å². The Balaban J connectivity index is 1.32. The third kappa shape index (κ3) is 13.3. The van der Waals surface area contributed by atoms with Crippen molar-refractivity contribution in [3.05, 3.63) is 103 Å². The summed E-state index contributed by atoms with van der Waals surface area (Å²) in [6, 6.07) is 26.0. The predicted octanol–water partition coefficient (Wildman–Crippen LogP) is 9.71. The summed E-state index contributed by atoms with van der Waals surface area (Å²) >= 11 is 0. The number of aryl methyl sites for hydroxylation is 1. The number of rotatable bonds is 21. The van der Waals surface area contributed by atoms with Crippen molar-refractivity contribution in [2.75, 3.05) is 26.6 Å². The van der Waals surface area contributed by atoms with Crippen molar-refractivity contribution in [2.45, 2.75) is 71.6 Å². The average Bonchev–Trinajstić information content (AvgIpc) is 3.02. The quantitative estimate of drug-likeness (QED) is 0.0410. The number of benzene rings is 3. The van der Waals surface area contributed by atoms with Gasteiger partial charge in [0.15, 0.2) is 6.79 Å². The van der Waals surface area contributed by atoms with Crippen molar-refractivity contribution < 1.29 is 23.7 Å². The zero-order valence-corrected chi connectivity index (χ0v) is 26.1. The van der Waals surface area contributed by atoms with Gasteiger partial charge in [0.05, 0.1) is 25.6 Å². The largest absolute Gasteiger partial charge is 0.494 e. The molecule has 3 aromatic rings. The van der Waals surface area contributed by atoms with E-state index in [9.17, 15) is 4.79 Å². The molecule has 0 heterocycles. The average molecular weight is 585 g/mol. The van der Waals surface area contributed by atoms with E-state index in [0.717, 1.165) is 50.7 Å². The second kappa shape index (κ2) is 19.4. The topological polar surface area (TPSA) is 54.0 Å². The summed E-state index contributed by atoms with van der Waals surface area (Å²) in [4.78, 5) is 11.4. The maximum atomic E-state index is 11.4. The minimum absolute atomic E-state index is 0.275. The first-order chi connectivity index (χ1) is 20.9. The Morgan fingerprint density at radius 1 is 0.581 bits per heavy atom. The predicted molar refractivity (Wildman–Crippen MR) is 176 cm³/mol. The molecule has 0 N–H and O–H groups in total. The fourth-order valence-corrected chi connectivity index (χ4v) is 4.59. The molecule has 0 saturated carbocycles. The minimum Gasteiger partial charge on any atom is -0.494 e. The van der Waals surface area contributed by atoms with E-state index in [4.69, 9.17) is 18.9 Å². The van der Waals surface area contributed by atoms with Gasteiger partial charge in [-0.2, -0.15) is 0 Å². The van der Waals surface area contributed by atoms with Gasteiger partial charge in [-0.1, -0.05) is 93.1 Å². The third-order valence-electron chi connectivity index (χ3n) is 7.14. The van der Waals surface area contributed by atoms with E-state index in [-0.39, 0.29) is 12.8 Å². The summed E-state index contributed by atoms with van der Waals surface area (Å²) in [5.74, 6) is 1.28. The molecule has 3 rings (SSSR count). The van der Waals surface area contributed by atoms with Crippen LogP contribution in [0, 0.1) is 0 Å². The van der Waals surface area contributed by atoms with Crippen LogP contribution in [0.15, 0.2) is 97.3 Å². The van der Waals surface area contributed by atoms with Crippen molar-refractivity contribution in [3.63, 3.8) is 0 Å². The second-order valence-electron chi connectivity index (χ2n) is 11.0. The van der Waals surface area contributed by atoms with Gasteiger partial charge in [0.2, 0.25) is 0 Å². The van der Waals surface area contributed by atoms with Gasteiger partial charge in [-0.3, -0.25) is 0 Å². The number of hydrogen-bond donors (Lipinski definition) is 0. The lowest BCUT2D eigenvalue weighted by atomic mass is 9.98. The first-order valence-electron chi connectivity index (χ1n) is 15.5. The van der Waals surface area contributed by atoms with Gasteiger partial charge in [-0.05, 0) is 92.3 Å². The molecule has 230 valence electrons. The Hall–Kier alpha value is -3.83. The Morgan fingerprint density at radius 2 is 1.07 bits per heavy atom. The first-order valence-corrected chi connectivity index (χ1v) is 15.5. The van der Waals surface area contributed by atoms with Crippen molar-refractivity contribution in [3.8, 4) is 28.0 Å². The second-order valence-corrected chi connectivity index (χ2v) is 11.0. The number of allylic oxidation sites excluding steroid dienone is 1. The van der Waals surface area contributed by atoms with E-state index >= 15 is 0 Å². The number of unbranched alkanes of at least 4 members (excludes halogenated alkanes) is 6. The van der Waals surface area contributed by atoms with Crippen LogP contribution in [0.4, 0.5) is 0 Å². The van der Waals surface area contributed by atoms with Gasteiger partial charge in [0.25, 0.3) is 0 Å². The lowest BCUT2D eigenvalue weighted by Gasteiger charge is -2.09. The Kier molecular flexibility index (Phi) is 15.2. The summed E-state index contributed by atoms with van der Waals surface area (Å²) in [5, 5.41) is 0. The highest BCUT2D eigenvalue weighted by atomic mass is 16.7. The fourth-order valence-electron chi connectivity index (χ4n) is 4.59. The molecule has 0 aliphatic rings. The minimum atomic E-state index is -0.289. The number of carbonyl (C=O) groups excluding carboxylic acids is 1. The summed E-state index contributed by atoms with van der Waals surface area (Å²) < 4.78 is 21.6. The zero-order valence-electron chi connectivity index (χ0n) is 26.1. The van der Waals surface area contributed by atoms with Crippen LogP contribution in [-0.2, 0) is 25.4 Å². The lowest BCUT2D eigenvalue weighted by molar-refractivity contribution is -0.139. The molecular formula is C38H48O5. The van der Waals surface area contributed by atoms with Crippen LogP contribution in [0.5, 0.6) is 5.75 Å². The maximum absolute atomic E-state index is 11.4. The van der Waals surface area contributed by atoms with Gasteiger partial charge in [0.1, 0.15) is 5.75 Å². The van der Waals surface area contributed by atoms with Crippen molar-refractivity contribution in [2.24, 2.45) is 0 Å². The molecular weight excluding hydrogens is 536 g/mol. The summed E-state index contributed by atoms with van der Waals surface area (Å²) in [7, 11) is 0. The van der Waals surface area contributed by atoms with E-state index < -0.39 is 0 Å². The molecule has 0 saturated heterocycles. The van der Waals surface area contributed by atoms with Crippen molar-refractivity contribution in [1.82, 2.24) is 0 Å². The first kappa shape index (κ1) is 33.7. The van der Waals surface area contributed by atoms with Gasteiger partial charge in [0, 0.05) is 5.57 Å². The van der Waals surface area contributed by atoms with E-state index in [1.165, 1.54) is 40.7 Å². The molecule has 0 aromatic heterocycles. The molecule has 0 atom stereocenters. The van der Waals surface area contributed by atoms with Gasteiger partial charge in [-0.25, -0.2) is 4.79 Å². The SMILES string of the molecule is C=C(C)OCOCCCCCOc1ccc(-c2ccc(-c3ccc(CCCCCCCOC(=O)C(=C)C)cc3)cc2)cc1. The van der Waals surface area contributed by atoms with Gasteiger partial charge >= 0.3 is 5.97 Å². The highest BCUT2D eigenvalue weighted by Crippen LogP contribution is 2.27. The van der Waals surface area contributed by atoms with E-state index in [1.807, 2.05) is 19.1 Å². The molecule has 0 aliphatic carbocycles. The molecule has 43 heavy (non-hydrogen) atoms. The number of carbonyl (C=O) groups is 1. The van der Waals surface area contributed by atoms with Crippen LogP contribution in [0.3, 0.4) is 0 Å². The Labute approximate surface area is 258 Å². The summed E-state index contributed by atoms with van der Waals surface area (Å²) in [6.07, 6.45) is 9.64. The molecule has 0 unspecified atom stereocenters. The maximum Gasteiger partial charge on any atom is 0.333 e. The van der Waals surface area contributed by atoms with E-state index in [2.05, 4.69) is 73.8 Å². The van der Waals surface area contributed by atoms with Crippen LogP contribution in [-0.4, -0.2) is 32.6 Å². The van der Waals surface area contributed by atoms with Crippen molar-refractivity contribution in [1.29, 1.82) is 0 Å². The monoisotopic (exact) mass is 584 g/mol. The molecule has 0 bridgehead atoms. The van der Waals surface area contributed by atoms with E-state index in [0.29, 0.717) is 31.2 Å². The standard InChI is InChI=1S/C38H48O5/c1-30(2)38(39)42-28-11-7-5-6-9-13-32-14-16-33(17-15-32)34-18-20-35(21-19-34)36-22-24-37(25-23-36)41-27-12-8-10-26-40-29-43-31(3)4/h14-25H,1,3,5-13,26-29H2,2,4H3. The highest BCUT2D eigenvalue weighted by molar-refractivity contribution is 5.86. The van der Waals surface area contributed by atoms with Crippen molar-refractivity contribution >= 4 is 5.97 Å². The molecule has 0 aliphatic heterocycles. The molecule has 0 amide bonds. The number of ether oxygens (including phenoxy) is 4. The van der Waals surface area contributed by atoms with Crippen LogP contribution < -0.4 is 4.74 Å². The Bertz CT molecular complexity index is 1240. The molecule has 0 spiro atoms. The summed E-state index contributed by atoms with van der Waals surface area (Å²) in [5.41, 5.74) is 6.65. The van der Waals surface area contributed by atoms with Crippen LogP contribution in [0.25, 0.3) is 22.3 Å². The van der Waals surface area contributed by atoms with Crippen LogP contribution in [0.2, 0.25) is 0 Å². The summed E-state index contributed by atoms with van der Waals surface area (Å²) in [6.45, 7) is 12.9. The van der Waals surface area contributed by atoms with Crippen LogP contribution >= 0.6 is 0 Å². The molecule has 0 fully saturated rings. The number of esters is 1. The normalized spacial score (nSPS) is 10.7.